The Hall–Kier alpha value is -0.570. The number of carbonyl (C=O) groups is 1. The normalized spacial score (nSPS) is 36.1. The van der Waals surface area contributed by atoms with Gasteiger partial charge in [0.25, 0.3) is 0 Å². The Balaban J connectivity index is 1.99. The van der Waals surface area contributed by atoms with Gasteiger partial charge in [0.2, 0.25) is 5.91 Å². The lowest BCUT2D eigenvalue weighted by Gasteiger charge is -2.44. The summed E-state index contributed by atoms with van der Waals surface area (Å²) < 4.78 is 0. The van der Waals surface area contributed by atoms with Gasteiger partial charge in [-0.2, -0.15) is 0 Å². The molecular formula is C14H26N2O. The fraction of sp³-hybridized carbons (Fsp3) is 0.929. The van der Waals surface area contributed by atoms with Gasteiger partial charge in [-0.05, 0) is 57.8 Å². The summed E-state index contributed by atoms with van der Waals surface area (Å²) >= 11 is 0. The van der Waals surface area contributed by atoms with E-state index in [0.717, 1.165) is 44.4 Å². The molecule has 0 aromatic carbocycles. The van der Waals surface area contributed by atoms with Crippen molar-refractivity contribution in [3.8, 4) is 0 Å². The highest BCUT2D eigenvalue weighted by Gasteiger charge is 2.43. The molecule has 0 bridgehead atoms. The van der Waals surface area contributed by atoms with Crippen molar-refractivity contribution in [2.24, 2.45) is 17.1 Å². The van der Waals surface area contributed by atoms with Gasteiger partial charge in [-0.15, -0.1) is 0 Å². The monoisotopic (exact) mass is 238 g/mol. The molecule has 0 unspecified atom stereocenters. The van der Waals surface area contributed by atoms with Crippen molar-refractivity contribution in [1.29, 1.82) is 0 Å². The molecule has 2 aliphatic carbocycles. The molecule has 3 heteroatoms. The maximum Gasteiger partial charge on any atom is 0.227 e. The van der Waals surface area contributed by atoms with E-state index in [1.165, 1.54) is 6.42 Å². The van der Waals surface area contributed by atoms with Gasteiger partial charge in [0.05, 0.1) is 5.41 Å². The van der Waals surface area contributed by atoms with E-state index in [1.807, 2.05) is 0 Å². The van der Waals surface area contributed by atoms with Crippen LogP contribution in [0.25, 0.3) is 0 Å². The number of rotatable bonds is 3. The molecule has 2 aliphatic rings. The fourth-order valence-corrected chi connectivity index (χ4v) is 3.08. The molecule has 0 aromatic heterocycles. The van der Waals surface area contributed by atoms with Crippen molar-refractivity contribution in [1.82, 2.24) is 5.32 Å². The van der Waals surface area contributed by atoms with Gasteiger partial charge in [-0.25, -0.2) is 0 Å². The van der Waals surface area contributed by atoms with E-state index < -0.39 is 0 Å². The Morgan fingerprint density at radius 2 is 1.88 bits per heavy atom. The van der Waals surface area contributed by atoms with E-state index in [4.69, 9.17) is 5.73 Å². The van der Waals surface area contributed by atoms with E-state index in [2.05, 4.69) is 19.2 Å². The highest BCUT2D eigenvalue weighted by Crippen LogP contribution is 2.40. The molecule has 2 saturated carbocycles. The van der Waals surface area contributed by atoms with Crippen molar-refractivity contribution in [2.75, 3.05) is 6.54 Å². The number of nitrogens with one attached hydrogen (secondary N) is 1. The third-order valence-corrected chi connectivity index (χ3v) is 4.98. The van der Waals surface area contributed by atoms with E-state index >= 15 is 0 Å². The minimum atomic E-state index is -0.273. The summed E-state index contributed by atoms with van der Waals surface area (Å²) in [6.45, 7) is 4.93. The molecule has 0 radical (unpaired) electrons. The molecule has 0 aliphatic heterocycles. The first-order valence-electron chi connectivity index (χ1n) is 7.02. The van der Waals surface area contributed by atoms with Crippen LogP contribution in [0.4, 0.5) is 0 Å². The third-order valence-electron chi connectivity index (χ3n) is 4.98. The minimum absolute atomic E-state index is 0.0579. The summed E-state index contributed by atoms with van der Waals surface area (Å²) in [6, 6.07) is 0. The van der Waals surface area contributed by atoms with Crippen molar-refractivity contribution in [3.05, 3.63) is 0 Å². The van der Waals surface area contributed by atoms with Gasteiger partial charge < -0.3 is 11.1 Å². The molecule has 3 N–H and O–H groups in total. The van der Waals surface area contributed by atoms with Crippen molar-refractivity contribution < 1.29 is 4.79 Å². The Bertz CT molecular complexity index is 289. The van der Waals surface area contributed by atoms with Crippen molar-refractivity contribution in [3.63, 3.8) is 0 Å². The van der Waals surface area contributed by atoms with E-state index in [1.54, 1.807) is 0 Å². The first-order chi connectivity index (χ1) is 8.00. The summed E-state index contributed by atoms with van der Waals surface area (Å²) in [7, 11) is 0. The smallest absolute Gasteiger partial charge is 0.227 e. The maximum atomic E-state index is 12.5. The molecule has 1 amide bonds. The van der Waals surface area contributed by atoms with Crippen molar-refractivity contribution in [2.45, 2.75) is 64.3 Å². The highest BCUT2D eigenvalue weighted by atomic mass is 16.2. The van der Waals surface area contributed by atoms with Crippen molar-refractivity contribution >= 4 is 5.91 Å². The molecule has 17 heavy (non-hydrogen) atoms. The second-order valence-electron chi connectivity index (χ2n) is 6.54. The van der Waals surface area contributed by atoms with Crippen LogP contribution in [0.2, 0.25) is 0 Å². The fourth-order valence-electron chi connectivity index (χ4n) is 3.08. The van der Waals surface area contributed by atoms with Crippen LogP contribution in [0.3, 0.4) is 0 Å². The summed E-state index contributed by atoms with van der Waals surface area (Å²) in [5, 5.41) is 3.25. The second-order valence-corrected chi connectivity index (χ2v) is 6.54. The second kappa shape index (κ2) is 4.60. The zero-order valence-corrected chi connectivity index (χ0v) is 11.2. The highest BCUT2D eigenvalue weighted by molar-refractivity contribution is 5.83. The van der Waals surface area contributed by atoms with Gasteiger partial charge in [0, 0.05) is 12.1 Å². The first-order valence-corrected chi connectivity index (χ1v) is 7.02. The molecule has 0 atom stereocenters. The van der Waals surface area contributed by atoms with Crippen LogP contribution in [0.5, 0.6) is 0 Å². The van der Waals surface area contributed by atoms with Crippen LogP contribution in [0, 0.1) is 11.3 Å². The topological polar surface area (TPSA) is 55.1 Å². The maximum absolute atomic E-state index is 12.5. The Morgan fingerprint density at radius 3 is 2.29 bits per heavy atom. The number of carbonyl (C=O) groups excluding carboxylic acids is 1. The Morgan fingerprint density at radius 1 is 1.29 bits per heavy atom. The van der Waals surface area contributed by atoms with E-state index in [9.17, 15) is 4.79 Å². The average molecular weight is 238 g/mol. The molecule has 3 nitrogen and oxygen atoms in total. The predicted octanol–water partition coefficient (Wildman–Crippen LogP) is 2.20. The third kappa shape index (κ3) is 2.49. The molecule has 0 aromatic rings. The van der Waals surface area contributed by atoms with E-state index in [0.29, 0.717) is 6.54 Å². The SMILES string of the molecule is CC1CCC(CN)(C(=O)NC2(C)CCC2)CC1. The molecule has 0 saturated heterocycles. The lowest BCUT2D eigenvalue weighted by molar-refractivity contribution is -0.135. The summed E-state index contributed by atoms with van der Waals surface area (Å²) in [6.07, 6.45) is 7.69. The number of nitrogens with two attached hydrogens (primary N) is 1. The predicted molar refractivity (Wildman–Crippen MR) is 69.5 cm³/mol. The van der Waals surface area contributed by atoms with Gasteiger partial charge in [0.1, 0.15) is 0 Å². The average Bonchev–Trinajstić information content (AvgIpc) is 2.28. The zero-order chi connectivity index (χ0) is 12.5. The number of hydrogen-bond acceptors (Lipinski definition) is 2. The van der Waals surface area contributed by atoms with E-state index in [-0.39, 0.29) is 16.9 Å². The summed E-state index contributed by atoms with van der Waals surface area (Å²) in [5.41, 5.74) is 5.69. The molecule has 0 spiro atoms. The quantitative estimate of drug-likeness (QED) is 0.792. The number of amides is 1. The van der Waals surface area contributed by atoms with Gasteiger partial charge >= 0.3 is 0 Å². The standard InChI is InChI=1S/C14H26N2O/c1-11-4-8-14(10-15,9-5-11)12(17)16-13(2)6-3-7-13/h11H,3-10,15H2,1-2H3,(H,16,17). The molecule has 2 rings (SSSR count). The summed E-state index contributed by atoms with van der Waals surface area (Å²) in [4.78, 5) is 12.5. The molecule has 0 heterocycles. The molecule has 98 valence electrons. The first kappa shape index (κ1) is 12.9. The number of hydrogen-bond donors (Lipinski definition) is 2. The van der Waals surface area contributed by atoms with Gasteiger partial charge in [0.15, 0.2) is 0 Å². The van der Waals surface area contributed by atoms with Gasteiger partial charge in [-0.1, -0.05) is 6.92 Å². The lowest BCUT2D eigenvalue weighted by atomic mass is 9.69. The van der Waals surface area contributed by atoms with Gasteiger partial charge in [-0.3, -0.25) is 4.79 Å². The van der Waals surface area contributed by atoms with Crippen LogP contribution in [-0.4, -0.2) is 18.0 Å². The lowest BCUT2D eigenvalue weighted by Crippen LogP contribution is -2.57. The van der Waals surface area contributed by atoms with Crippen LogP contribution in [-0.2, 0) is 4.79 Å². The zero-order valence-electron chi connectivity index (χ0n) is 11.2. The minimum Gasteiger partial charge on any atom is -0.350 e. The largest absolute Gasteiger partial charge is 0.350 e. The molecule has 2 fully saturated rings. The van der Waals surface area contributed by atoms with Crippen LogP contribution >= 0.6 is 0 Å². The molecular weight excluding hydrogens is 212 g/mol. The Labute approximate surface area is 105 Å². The summed E-state index contributed by atoms with van der Waals surface area (Å²) in [5.74, 6) is 0.968. The Kier molecular flexibility index (Phi) is 3.48. The van der Waals surface area contributed by atoms with Crippen LogP contribution in [0.15, 0.2) is 0 Å². The van der Waals surface area contributed by atoms with Crippen LogP contribution in [0.1, 0.15) is 58.8 Å². The van der Waals surface area contributed by atoms with Crippen LogP contribution < -0.4 is 11.1 Å².